The number of carbonyl (C=O) groups excluding carboxylic acids is 2. The van der Waals surface area contributed by atoms with Crippen molar-refractivity contribution in [2.24, 2.45) is 5.92 Å². The van der Waals surface area contributed by atoms with Gasteiger partial charge in [-0.25, -0.2) is 4.39 Å². The number of pyridine rings is 1. The van der Waals surface area contributed by atoms with Crippen LogP contribution in [0, 0.1) is 11.7 Å². The van der Waals surface area contributed by atoms with Gasteiger partial charge in [0.1, 0.15) is 11.5 Å². The zero-order valence-corrected chi connectivity index (χ0v) is 18.8. The molecule has 1 aliphatic carbocycles. The van der Waals surface area contributed by atoms with Crippen LogP contribution >= 0.6 is 11.6 Å². The first-order valence-electron chi connectivity index (χ1n) is 10.6. The summed E-state index contributed by atoms with van der Waals surface area (Å²) in [6, 6.07) is 4.20. The van der Waals surface area contributed by atoms with Crippen LogP contribution in [-0.4, -0.2) is 51.9 Å². The van der Waals surface area contributed by atoms with Crippen LogP contribution in [0.25, 0.3) is 0 Å². The lowest BCUT2D eigenvalue weighted by molar-refractivity contribution is 0.0719. The maximum absolute atomic E-state index is 13.5. The molecule has 1 fully saturated rings. The second-order valence-electron chi connectivity index (χ2n) is 8.69. The minimum absolute atomic E-state index is 0.0482. The average molecular weight is 462 g/mol. The summed E-state index contributed by atoms with van der Waals surface area (Å²) in [6.07, 6.45) is 3.32. The van der Waals surface area contributed by atoms with Crippen LogP contribution < -0.4 is 5.56 Å². The Balaban J connectivity index is 1.76. The summed E-state index contributed by atoms with van der Waals surface area (Å²) in [7, 11) is 3.18. The van der Waals surface area contributed by atoms with Gasteiger partial charge in [-0.1, -0.05) is 24.1 Å². The summed E-state index contributed by atoms with van der Waals surface area (Å²) in [5.41, 5.74) is 0.358. The van der Waals surface area contributed by atoms with Gasteiger partial charge in [-0.2, -0.15) is 0 Å². The molecule has 2 heterocycles. The van der Waals surface area contributed by atoms with Gasteiger partial charge in [-0.15, -0.1) is 0 Å². The standard InChI is InChI=1S/C23H25ClFN3O4/c1-26(2)22(31)19-15-8-9-27(11-14-6-7-17(25)16(24)10-14)21(30)18(15)20(29)23(32)28(19)12-13-4-3-5-13/h6-7,10,13,29H,3-5,8-9,11-12H2,1-2H3. The number of rotatable bonds is 5. The van der Waals surface area contributed by atoms with Gasteiger partial charge in [0, 0.05) is 39.3 Å². The molecule has 32 heavy (non-hydrogen) atoms. The van der Waals surface area contributed by atoms with E-state index in [2.05, 4.69) is 0 Å². The van der Waals surface area contributed by atoms with Crippen LogP contribution in [0.15, 0.2) is 23.0 Å². The van der Waals surface area contributed by atoms with E-state index in [1.807, 2.05) is 0 Å². The van der Waals surface area contributed by atoms with Gasteiger partial charge in [0.25, 0.3) is 17.4 Å². The highest BCUT2D eigenvalue weighted by atomic mass is 35.5. The molecular weight excluding hydrogens is 437 g/mol. The monoisotopic (exact) mass is 461 g/mol. The third kappa shape index (κ3) is 3.88. The highest BCUT2D eigenvalue weighted by Crippen LogP contribution is 2.32. The van der Waals surface area contributed by atoms with E-state index in [-0.39, 0.29) is 41.2 Å². The van der Waals surface area contributed by atoms with E-state index >= 15 is 0 Å². The van der Waals surface area contributed by atoms with Crippen LogP contribution in [0.1, 0.15) is 51.2 Å². The van der Waals surface area contributed by atoms with E-state index in [9.17, 15) is 23.9 Å². The van der Waals surface area contributed by atoms with Crippen molar-refractivity contribution in [3.63, 3.8) is 0 Å². The third-order valence-corrected chi connectivity index (χ3v) is 6.60. The van der Waals surface area contributed by atoms with E-state index in [1.165, 1.54) is 32.6 Å². The molecule has 0 saturated heterocycles. The topological polar surface area (TPSA) is 82.9 Å². The first kappa shape index (κ1) is 22.3. The fourth-order valence-electron chi connectivity index (χ4n) is 4.31. The summed E-state index contributed by atoms with van der Waals surface area (Å²) in [4.78, 5) is 42.2. The lowest BCUT2D eigenvalue weighted by atomic mass is 9.85. The highest BCUT2D eigenvalue weighted by Gasteiger charge is 2.36. The first-order valence-corrected chi connectivity index (χ1v) is 11.0. The van der Waals surface area contributed by atoms with Crippen LogP contribution in [0.5, 0.6) is 5.75 Å². The van der Waals surface area contributed by atoms with Gasteiger partial charge in [0.15, 0.2) is 5.75 Å². The molecule has 2 aromatic rings. The number of fused-ring (bicyclic) bond motifs is 1. The number of aromatic nitrogens is 1. The number of halogens is 2. The summed E-state index contributed by atoms with van der Waals surface area (Å²) < 4.78 is 14.8. The largest absolute Gasteiger partial charge is 0.502 e. The lowest BCUT2D eigenvalue weighted by Crippen LogP contribution is -2.43. The summed E-state index contributed by atoms with van der Waals surface area (Å²) in [6.45, 7) is 0.774. The van der Waals surface area contributed by atoms with Gasteiger partial charge in [0.05, 0.1) is 10.6 Å². The molecule has 1 aliphatic heterocycles. The lowest BCUT2D eigenvalue weighted by Gasteiger charge is -2.33. The Morgan fingerprint density at radius 2 is 2.00 bits per heavy atom. The molecule has 1 N–H and O–H groups in total. The average Bonchev–Trinajstić information content (AvgIpc) is 2.72. The molecular formula is C23H25ClFN3O4. The molecule has 1 saturated carbocycles. The molecule has 2 amide bonds. The number of carbonyl (C=O) groups is 2. The van der Waals surface area contributed by atoms with Crippen molar-refractivity contribution in [1.29, 1.82) is 0 Å². The van der Waals surface area contributed by atoms with E-state index in [0.29, 0.717) is 24.1 Å². The minimum Gasteiger partial charge on any atom is -0.502 e. The van der Waals surface area contributed by atoms with Gasteiger partial charge >= 0.3 is 0 Å². The van der Waals surface area contributed by atoms with Crippen LogP contribution in [-0.2, 0) is 19.5 Å². The Hall–Kier alpha value is -2.87. The maximum atomic E-state index is 13.5. The van der Waals surface area contributed by atoms with Gasteiger partial charge in [-0.05, 0) is 42.9 Å². The predicted molar refractivity (Wildman–Crippen MR) is 118 cm³/mol. The molecule has 0 bridgehead atoms. The van der Waals surface area contributed by atoms with Crippen molar-refractivity contribution in [1.82, 2.24) is 14.4 Å². The Morgan fingerprint density at radius 3 is 2.59 bits per heavy atom. The number of benzene rings is 1. The van der Waals surface area contributed by atoms with E-state index in [1.54, 1.807) is 14.1 Å². The Bertz CT molecular complexity index is 1160. The van der Waals surface area contributed by atoms with E-state index in [0.717, 1.165) is 19.3 Å². The van der Waals surface area contributed by atoms with Crippen molar-refractivity contribution in [3.8, 4) is 5.75 Å². The molecule has 9 heteroatoms. The number of hydrogen-bond acceptors (Lipinski definition) is 4. The Labute approximate surface area is 190 Å². The molecule has 1 aromatic heterocycles. The second-order valence-corrected chi connectivity index (χ2v) is 9.10. The highest BCUT2D eigenvalue weighted by molar-refractivity contribution is 6.30. The summed E-state index contributed by atoms with van der Waals surface area (Å²) >= 11 is 5.85. The third-order valence-electron chi connectivity index (χ3n) is 6.31. The fourth-order valence-corrected chi connectivity index (χ4v) is 4.52. The van der Waals surface area contributed by atoms with Crippen molar-refractivity contribution in [2.45, 2.75) is 38.8 Å². The van der Waals surface area contributed by atoms with E-state index in [4.69, 9.17) is 11.6 Å². The van der Waals surface area contributed by atoms with Crippen LogP contribution in [0.3, 0.4) is 0 Å². The molecule has 7 nitrogen and oxygen atoms in total. The van der Waals surface area contributed by atoms with Crippen molar-refractivity contribution in [2.75, 3.05) is 20.6 Å². The molecule has 0 atom stereocenters. The smallest absolute Gasteiger partial charge is 0.294 e. The second kappa shape index (κ2) is 8.58. The molecule has 0 unspecified atom stereocenters. The maximum Gasteiger partial charge on any atom is 0.294 e. The Kier molecular flexibility index (Phi) is 5.99. The normalized spacial score (nSPS) is 16.0. The molecule has 0 spiro atoms. The fraction of sp³-hybridized carbons (Fsp3) is 0.435. The SMILES string of the molecule is CN(C)C(=O)c1c2c(c(O)c(=O)n1CC1CCC1)C(=O)N(Cc1ccc(F)c(Cl)c1)CC2. The summed E-state index contributed by atoms with van der Waals surface area (Å²) in [5, 5.41) is 10.7. The van der Waals surface area contributed by atoms with Gasteiger partial charge in [0.2, 0.25) is 0 Å². The van der Waals surface area contributed by atoms with Gasteiger partial charge < -0.3 is 19.5 Å². The zero-order chi connectivity index (χ0) is 23.2. The van der Waals surface area contributed by atoms with Crippen molar-refractivity contribution < 1.29 is 19.1 Å². The molecule has 1 aromatic carbocycles. The van der Waals surface area contributed by atoms with Gasteiger partial charge in [-0.3, -0.25) is 14.4 Å². The molecule has 0 radical (unpaired) electrons. The number of amides is 2. The van der Waals surface area contributed by atoms with Crippen molar-refractivity contribution in [3.05, 3.63) is 61.8 Å². The molecule has 2 aliphatic rings. The first-order chi connectivity index (χ1) is 15.2. The summed E-state index contributed by atoms with van der Waals surface area (Å²) in [5.74, 6) is -1.81. The van der Waals surface area contributed by atoms with E-state index < -0.39 is 23.0 Å². The predicted octanol–water partition coefficient (Wildman–Crippen LogP) is 3.05. The number of hydrogen-bond donors (Lipinski definition) is 1. The minimum atomic E-state index is -0.721. The quantitative estimate of drug-likeness (QED) is 0.742. The number of aromatic hydroxyl groups is 1. The van der Waals surface area contributed by atoms with Crippen molar-refractivity contribution >= 4 is 23.4 Å². The van der Waals surface area contributed by atoms with Crippen LogP contribution in [0.2, 0.25) is 5.02 Å². The Morgan fingerprint density at radius 1 is 1.28 bits per heavy atom. The molecule has 4 rings (SSSR count). The molecule has 170 valence electrons. The van der Waals surface area contributed by atoms with Crippen LogP contribution in [0.4, 0.5) is 4.39 Å². The number of nitrogens with zero attached hydrogens (tertiary/aromatic N) is 3. The zero-order valence-electron chi connectivity index (χ0n) is 18.0.